The average molecular weight is 299 g/mol. The largest absolute Gasteiger partial charge is 0.480 e. The van der Waals surface area contributed by atoms with Gasteiger partial charge in [0, 0.05) is 20.1 Å². The zero-order chi connectivity index (χ0) is 16.2. The monoisotopic (exact) mass is 299 g/mol. The molecule has 0 aliphatic carbocycles. The minimum Gasteiger partial charge on any atom is -0.480 e. The molecule has 1 atom stereocenters. The van der Waals surface area contributed by atoms with Gasteiger partial charge < -0.3 is 20.2 Å². The van der Waals surface area contributed by atoms with Gasteiger partial charge in [0.05, 0.1) is 0 Å². The third kappa shape index (κ3) is 3.46. The summed E-state index contributed by atoms with van der Waals surface area (Å²) in [6.45, 7) is 5.48. The Morgan fingerprint density at radius 2 is 1.95 bits per heavy atom. The van der Waals surface area contributed by atoms with Crippen molar-refractivity contribution in [1.82, 2.24) is 15.1 Å². The smallest absolute Gasteiger partial charge is 0.329 e. The maximum absolute atomic E-state index is 12.7. The van der Waals surface area contributed by atoms with Crippen molar-refractivity contribution >= 4 is 17.9 Å². The van der Waals surface area contributed by atoms with Crippen molar-refractivity contribution in [2.24, 2.45) is 0 Å². The molecule has 0 aromatic heterocycles. The number of carbonyl (C=O) groups excluding carboxylic acids is 2. The van der Waals surface area contributed by atoms with Crippen molar-refractivity contribution < 1.29 is 19.5 Å². The Balaban J connectivity index is 3.02. The Morgan fingerprint density at radius 1 is 1.33 bits per heavy atom. The van der Waals surface area contributed by atoms with E-state index >= 15 is 0 Å². The molecule has 1 unspecified atom stereocenters. The number of rotatable bonds is 4. The van der Waals surface area contributed by atoms with Gasteiger partial charge >= 0.3 is 12.0 Å². The van der Waals surface area contributed by atoms with Gasteiger partial charge in [-0.15, -0.1) is 0 Å². The number of hydrogen-bond donors (Lipinski definition) is 2. The first-order valence-electron chi connectivity index (χ1n) is 7.30. The number of amides is 3. The van der Waals surface area contributed by atoms with Crippen LogP contribution in [0, 0.1) is 0 Å². The van der Waals surface area contributed by atoms with Crippen LogP contribution in [-0.4, -0.2) is 64.5 Å². The number of hydrogen-bond acceptors (Lipinski definition) is 3. The minimum atomic E-state index is -1.31. The predicted octanol–water partition coefficient (Wildman–Crippen LogP) is 0.892. The molecule has 7 heteroatoms. The number of likely N-dealkylation sites (tertiary alicyclic amines) is 1. The second-order valence-electron chi connectivity index (χ2n) is 5.71. The summed E-state index contributed by atoms with van der Waals surface area (Å²) in [5.41, 5.74) is -1.31. The molecule has 1 fully saturated rings. The lowest BCUT2D eigenvalue weighted by Crippen LogP contribution is -2.61. The molecule has 0 radical (unpaired) electrons. The van der Waals surface area contributed by atoms with Gasteiger partial charge in [0.25, 0.3) is 0 Å². The number of carboxylic acid groups (broad SMARTS) is 1. The van der Waals surface area contributed by atoms with Crippen LogP contribution in [0.5, 0.6) is 0 Å². The van der Waals surface area contributed by atoms with Crippen molar-refractivity contribution in [3.8, 4) is 0 Å². The fraction of sp³-hybridized carbons (Fsp3) is 0.786. The lowest BCUT2D eigenvalue weighted by Gasteiger charge is -2.42. The fourth-order valence-electron chi connectivity index (χ4n) is 2.64. The van der Waals surface area contributed by atoms with E-state index in [-0.39, 0.29) is 12.5 Å². The number of nitrogens with zero attached hydrogens (tertiary/aromatic N) is 2. The van der Waals surface area contributed by atoms with Gasteiger partial charge in [0.15, 0.2) is 0 Å². The molecule has 0 aromatic rings. The van der Waals surface area contributed by atoms with E-state index in [1.54, 1.807) is 14.0 Å². The molecule has 1 heterocycles. The first kappa shape index (κ1) is 17.3. The van der Waals surface area contributed by atoms with E-state index in [2.05, 4.69) is 5.32 Å². The molecule has 0 spiro atoms. The summed E-state index contributed by atoms with van der Waals surface area (Å²) in [7, 11) is 1.54. The van der Waals surface area contributed by atoms with Crippen molar-refractivity contribution in [3.05, 3.63) is 0 Å². The summed E-state index contributed by atoms with van der Waals surface area (Å²) in [6, 6.07) is -0.909. The van der Waals surface area contributed by atoms with Crippen LogP contribution in [0.25, 0.3) is 0 Å². The summed E-state index contributed by atoms with van der Waals surface area (Å²) in [4.78, 5) is 38.8. The molecule has 120 valence electrons. The molecule has 7 nitrogen and oxygen atoms in total. The maximum Gasteiger partial charge on any atom is 0.329 e. The highest BCUT2D eigenvalue weighted by Gasteiger charge is 2.42. The molecule has 1 aliphatic heterocycles. The second-order valence-corrected chi connectivity index (χ2v) is 5.71. The number of likely N-dealkylation sites (N-methyl/N-ethyl adjacent to an activating group) is 2. The van der Waals surface area contributed by atoms with Gasteiger partial charge in [0.1, 0.15) is 11.6 Å². The quantitative estimate of drug-likeness (QED) is 0.806. The Hall–Kier alpha value is -1.79. The van der Waals surface area contributed by atoms with Crippen LogP contribution in [0.4, 0.5) is 4.79 Å². The van der Waals surface area contributed by atoms with Crippen LogP contribution >= 0.6 is 0 Å². The van der Waals surface area contributed by atoms with Crippen LogP contribution in [0.3, 0.4) is 0 Å². The van der Waals surface area contributed by atoms with Crippen molar-refractivity contribution in [3.63, 3.8) is 0 Å². The van der Waals surface area contributed by atoms with Gasteiger partial charge in [-0.05, 0) is 40.0 Å². The molecule has 21 heavy (non-hydrogen) atoms. The van der Waals surface area contributed by atoms with Gasteiger partial charge in [-0.25, -0.2) is 9.59 Å². The number of urea groups is 1. The normalized spacial score (nSPS) is 19.0. The van der Waals surface area contributed by atoms with E-state index in [1.807, 2.05) is 0 Å². The summed E-state index contributed by atoms with van der Waals surface area (Å²) in [6.07, 6.45) is 2.32. The summed E-state index contributed by atoms with van der Waals surface area (Å²) < 4.78 is 0. The summed E-state index contributed by atoms with van der Waals surface area (Å²) in [5.74, 6) is -1.27. The van der Waals surface area contributed by atoms with E-state index in [0.29, 0.717) is 13.0 Å². The molecule has 0 bridgehead atoms. The van der Waals surface area contributed by atoms with E-state index in [0.717, 1.165) is 12.8 Å². The van der Waals surface area contributed by atoms with Crippen molar-refractivity contribution in [2.75, 3.05) is 20.1 Å². The zero-order valence-electron chi connectivity index (χ0n) is 13.2. The molecular weight excluding hydrogens is 274 g/mol. The lowest BCUT2D eigenvalue weighted by molar-refractivity contribution is -0.148. The molecule has 0 aromatic carbocycles. The first-order chi connectivity index (χ1) is 9.77. The minimum absolute atomic E-state index is 0.202. The van der Waals surface area contributed by atoms with E-state index < -0.39 is 23.6 Å². The number of nitrogens with one attached hydrogen (secondary N) is 1. The standard InChI is InChI=1S/C14H25N3O4/c1-5-17(14(2,3)12(19)20)13(21)16-9-7-6-8-10(16)11(18)15-4/h10H,5-9H2,1-4H3,(H,15,18)(H,19,20). The number of carbonyl (C=O) groups is 3. The van der Waals surface area contributed by atoms with Gasteiger partial charge in [0.2, 0.25) is 5.91 Å². The van der Waals surface area contributed by atoms with Crippen LogP contribution in [0.2, 0.25) is 0 Å². The SMILES string of the molecule is CCN(C(=O)N1CCCCC1C(=O)NC)C(C)(C)C(=O)O. The first-order valence-corrected chi connectivity index (χ1v) is 7.30. The van der Waals surface area contributed by atoms with E-state index in [9.17, 15) is 19.5 Å². The van der Waals surface area contributed by atoms with Crippen LogP contribution in [0.15, 0.2) is 0 Å². The van der Waals surface area contributed by atoms with E-state index in [4.69, 9.17) is 0 Å². The van der Waals surface area contributed by atoms with Gasteiger partial charge in [-0.2, -0.15) is 0 Å². The molecule has 3 amide bonds. The highest BCUT2D eigenvalue weighted by Crippen LogP contribution is 2.23. The third-order valence-electron chi connectivity index (χ3n) is 4.04. The van der Waals surface area contributed by atoms with Crippen LogP contribution in [-0.2, 0) is 9.59 Å². The average Bonchev–Trinajstić information content (AvgIpc) is 2.46. The molecule has 1 rings (SSSR count). The Morgan fingerprint density at radius 3 is 2.43 bits per heavy atom. The lowest BCUT2D eigenvalue weighted by atomic mass is 10.00. The summed E-state index contributed by atoms with van der Waals surface area (Å²) >= 11 is 0. The Labute approximate surface area is 125 Å². The van der Waals surface area contributed by atoms with Crippen LogP contribution in [0.1, 0.15) is 40.0 Å². The van der Waals surface area contributed by atoms with Gasteiger partial charge in [-0.1, -0.05) is 0 Å². The molecule has 2 N–H and O–H groups in total. The Kier molecular flexibility index (Phi) is 5.57. The fourth-order valence-corrected chi connectivity index (χ4v) is 2.64. The molecular formula is C14H25N3O4. The summed E-state index contributed by atoms with van der Waals surface area (Å²) in [5, 5.41) is 11.9. The van der Waals surface area contributed by atoms with Crippen LogP contribution < -0.4 is 5.32 Å². The number of piperidine rings is 1. The van der Waals surface area contributed by atoms with Crippen molar-refractivity contribution in [2.45, 2.75) is 51.6 Å². The predicted molar refractivity (Wildman–Crippen MR) is 77.9 cm³/mol. The zero-order valence-corrected chi connectivity index (χ0v) is 13.2. The van der Waals surface area contributed by atoms with Gasteiger partial charge in [-0.3, -0.25) is 4.79 Å². The van der Waals surface area contributed by atoms with E-state index in [1.165, 1.54) is 23.6 Å². The molecule has 1 saturated heterocycles. The maximum atomic E-state index is 12.7. The molecule has 0 saturated carbocycles. The third-order valence-corrected chi connectivity index (χ3v) is 4.04. The topological polar surface area (TPSA) is 90.0 Å². The second kappa shape index (κ2) is 6.78. The number of carboxylic acids is 1. The van der Waals surface area contributed by atoms with Crippen molar-refractivity contribution in [1.29, 1.82) is 0 Å². The highest BCUT2D eigenvalue weighted by molar-refractivity contribution is 5.90. The molecule has 1 aliphatic rings. The Bertz CT molecular complexity index is 422. The highest BCUT2D eigenvalue weighted by atomic mass is 16.4. The number of aliphatic carboxylic acids is 1.